The van der Waals surface area contributed by atoms with Crippen LogP contribution in [0.4, 0.5) is 0 Å². The van der Waals surface area contributed by atoms with Crippen LogP contribution in [0, 0.1) is 5.92 Å². The van der Waals surface area contributed by atoms with Gasteiger partial charge in [-0.3, -0.25) is 9.97 Å². The van der Waals surface area contributed by atoms with E-state index in [4.69, 9.17) is 4.74 Å². The molecule has 0 aromatic carbocycles. The van der Waals surface area contributed by atoms with Gasteiger partial charge in [0.15, 0.2) is 0 Å². The molecule has 0 aliphatic carbocycles. The van der Waals surface area contributed by atoms with E-state index < -0.39 is 0 Å². The summed E-state index contributed by atoms with van der Waals surface area (Å²) >= 11 is 0. The number of hydrogen-bond acceptors (Lipinski definition) is 4. The number of hydrogen-bond donors (Lipinski definition) is 1. The van der Waals surface area contributed by atoms with Crippen LogP contribution >= 0.6 is 0 Å². The highest BCUT2D eigenvalue weighted by atomic mass is 16.5. The summed E-state index contributed by atoms with van der Waals surface area (Å²) in [7, 11) is 1.73. The molecule has 0 bridgehead atoms. The maximum Gasteiger partial charge on any atom is 0.0753 e. The maximum atomic E-state index is 5.20. The monoisotopic (exact) mass is 223 g/mol. The average Bonchev–Trinajstić information content (AvgIpc) is 2.29. The SMILES string of the molecule is COCC(NC(C)c1cnccn1)C(C)C. The fourth-order valence-electron chi connectivity index (χ4n) is 1.55. The third-order valence-corrected chi connectivity index (χ3v) is 2.64. The van der Waals surface area contributed by atoms with Crippen LogP contribution in [0.3, 0.4) is 0 Å². The highest BCUT2D eigenvalue weighted by Gasteiger charge is 2.17. The van der Waals surface area contributed by atoms with Crippen LogP contribution in [0.2, 0.25) is 0 Å². The summed E-state index contributed by atoms with van der Waals surface area (Å²) < 4.78 is 5.20. The van der Waals surface area contributed by atoms with Gasteiger partial charge >= 0.3 is 0 Å². The molecule has 1 aromatic rings. The van der Waals surface area contributed by atoms with Gasteiger partial charge in [0.25, 0.3) is 0 Å². The minimum absolute atomic E-state index is 0.191. The molecular formula is C12H21N3O. The lowest BCUT2D eigenvalue weighted by Crippen LogP contribution is -2.39. The molecule has 1 aromatic heterocycles. The molecule has 0 aliphatic heterocycles. The van der Waals surface area contributed by atoms with E-state index in [2.05, 4.69) is 36.1 Å². The minimum Gasteiger partial charge on any atom is -0.383 e. The van der Waals surface area contributed by atoms with Crippen molar-refractivity contribution in [3.63, 3.8) is 0 Å². The molecule has 0 radical (unpaired) electrons. The van der Waals surface area contributed by atoms with Gasteiger partial charge in [0.1, 0.15) is 0 Å². The van der Waals surface area contributed by atoms with Crippen LogP contribution in [0.5, 0.6) is 0 Å². The Morgan fingerprint density at radius 2 is 2.06 bits per heavy atom. The standard InChI is InChI=1S/C12H21N3O/c1-9(2)12(8-16-4)15-10(3)11-7-13-5-6-14-11/h5-7,9-10,12,15H,8H2,1-4H3. The van der Waals surface area contributed by atoms with Crippen molar-refractivity contribution >= 4 is 0 Å². The number of rotatable bonds is 6. The van der Waals surface area contributed by atoms with Crippen molar-refractivity contribution < 1.29 is 4.74 Å². The first-order chi connectivity index (χ1) is 7.65. The molecule has 0 spiro atoms. The molecule has 2 atom stereocenters. The Morgan fingerprint density at radius 3 is 2.56 bits per heavy atom. The van der Waals surface area contributed by atoms with Crippen LogP contribution in [-0.4, -0.2) is 29.7 Å². The highest BCUT2D eigenvalue weighted by Crippen LogP contribution is 2.11. The van der Waals surface area contributed by atoms with E-state index in [0.29, 0.717) is 18.6 Å². The normalized spacial score (nSPS) is 15.1. The van der Waals surface area contributed by atoms with Gasteiger partial charge in [-0.2, -0.15) is 0 Å². The van der Waals surface area contributed by atoms with E-state index in [1.165, 1.54) is 0 Å². The summed E-state index contributed by atoms with van der Waals surface area (Å²) in [5.74, 6) is 0.527. The predicted molar refractivity (Wildman–Crippen MR) is 64.1 cm³/mol. The Balaban J connectivity index is 2.58. The number of methoxy groups -OCH3 is 1. The molecule has 90 valence electrons. The molecule has 0 fully saturated rings. The van der Waals surface area contributed by atoms with Crippen molar-refractivity contribution in [3.05, 3.63) is 24.3 Å². The van der Waals surface area contributed by atoms with Crippen LogP contribution in [0.15, 0.2) is 18.6 Å². The molecule has 0 saturated heterocycles. The highest BCUT2D eigenvalue weighted by molar-refractivity contribution is 5.01. The average molecular weight is 223 g/mol. The number of nitrogens with one attached hydrogen (secondary N) is 1. The molecule has 0 amide bonds. The van der Waals surface area contributed by atoms with Gasteiger partial charge in [-0.15, -0.1) is 0 Å². The smallest absolute Gasteiger partial charge is 0.0753 e. The van der Waals surface area contributed by atoms with Crippen LogP contribution in [0.25, 0.3) is 0 Å². The lowest BCUT2D eigenvalue weighted by atomic mass is 10.0. The van der Waals surface area contributed by atoms with Gasteiger partial charge in [0, 0.05) is 37.8 Å². The lowest BCUT2D eigenvalue weighted by molar-refractivity contribution is 0.141. The van der Waals surface area contributed by atoms with Crippen molar-refractivity contribution in [1.82, 2.24) is 15.3 Å². The Labute approximate surface area is 97.5 Å². The molecule has 16 heavy (non-hydrogen) atoms. The summed E-state index contributed by atoms with van der Waals surface area (Å²) in [5, 5.41) is 3.51. The molecule has 0 saturated carbocycles. The van der Waals surface area contributed by atoms with Crippen molar-refractivity contribution in [2.24, 2.45) is 5.92 Å². The quantitative estimate of drug-likeness (QED) is 0.799. The van der Waals surface area contributed by atoms with Crippen molar-refractivity contribution in [1.29, 1.82) is 0 Å². The Hall–Kier alpha value is -1.00. The van der Waals surface area contributed by atoms with Crippen molar-refractivity contribution in [2.45, 2.75) is 32.9 Å². The molecule has 1 rings (SSSR count). The van der Waals surface area contributed by atoms with Crippen LogP contribution in [0.1, 0.15) is 32.5 Å². The summed E-state index contributed by atoms with van der Waals surface area (Å²) in [6.45, 7) is 7.16. The van der Waals surface area contributed by atoms with Crippen LogP contribution < -0.4 is 5.32 Å². The zero-order valence-electron chi connectivity index (χ0n) is 10.5. The zero-order valence-corrected chi connectivity index (χ0v) is 10.5. The van der Waals surface area contributed by atoms with Gasteiger partial charge in [-0.25, -0.2) is 0 Å². The Morgan fingerprint density at radius 1 is 1.31 bits per heavy atom. The van der Waals surface area contributed by atoms with E-state index in [-0.39, 0.29) is 6.04 Å². The number of ether oxygens (including phenoxy) is 1. The lowest BCUT2D eigenvalue weighted by Gasteiger charge is -2.25. The summed E-state index contributed by atoms with van der Waals surface area (Å²) in [6, 6.07) is 0.526. The van der Waals surface area contributed by atoms with Gasteiger partial charge in [-0.1, -0.05) is 13.8 Å². The Bertz CT molecular complexity index is 290. The number of nitrogens with zero attached hydrogens (tertiary/aromatic N) is 2. The number of aromatic nitrogens is 2. The second kappa shape index (κ2) is 6.55. The molecule has 2 unspecified atom stereocenters. The van der Waals surface area contributed by atoms with Crippen molar-refractivity contribution in [2.75, 3.05) is 13.7 Å². The Kier molecular flexibility index (Phi) is 5.35. The van der Waals surface area contributed by atoms with E-state index >= 15 is 0 Å². The van der Waals surface area contributed by atoms with Crippen LogP contribution in [-0.2, 0) is 4.74 Å². The predicted octanol–water partition coefficient (Wildman–Crippen LogP) is 1.80. The maximum absolute atomic E-state index is 5.20. The van der Waals surface area contributed by atoms with E-state index in [9.17, 15) is 0 Å². The molecule has 1 heterocycles. The zero-order chi connectivity index (χ0) is 12.0. The third kappa shape index (κ3) is 3.87. The van der Waals surface area contributed by atoms with E-state index in [1.807, 2.05) is 0 Å². The molecule has 0 aliphatic rings. The second-order valence-electron chi connectivity index (χ2n) is 4.32. The van der Waals surface area contributed by atoms with E-state index in [1.54, 1.807) is 25.7 Å². The van der Waals surface area contributed by atoms with Gasteiger partial charge < -0.3 is 10.1 Å². The first kappa shape index (κ1) is 13.1. The molecule has 4 heteroatoms. The first-order valence-corrected chi connectivity index (χ1v) is 5.66. The van der Waals surface area contributed by atoms with E-state index in [0.717, 1.165) is 5.69 Å². The summed E-state index contributed by atoms with van der Waals surface area (Å²) in [4.78, 5) is 8.36. The molecule has 4 nitrogen and oxygen atoms in total. The largest absolute Gasteiger partial charge is 0.383 e. The topological polar surface area (TPSA) is 47.0 Å². The van der Waals surface area contributed by atoms with Gasteiger partial charge in [0.2, 0.25) is 0 Å². The van der Waals surface area contributed by atoms with Gasteiger partial charge in [0.05, 0.1) is 12.3 Å². The fraction of sp³-hybridized carbons (Fsp3) is 0.667. The fourth-order valence-corrected chi connectivity index (χ4v) is 1.55. The summed E-state index contributed by atoms with van der Waals surface area (Å²) in [6.07, 6.45) is 5.20. The summed E-state index contributed by atoms with van der Waals surface area (Å²) in [5.41, 5.74) is 0.962. The first-order valence-electron chi connectivity index (χ1n) is 5.66. The molecular weight excluding hydrogens is 202 g/mol. The molecule has 1 N–H and O–H groups in total. The van der Waals surface area contributed by atoms with Gasteiger partial charge in [-0.05, 0) is 12.8 Å². The second-order valence-corrected chi connectivity index (χ2v) is 4.32. The van der Waals surface area contributed by atoms with Crippen molar-refractivity contribution in [3.8, 4) is 0 Å². The third-order valence-electron chi connectivity index (χ3n) is 2.64. The minimum atomic E-state index is 0.191.